The van der Waals surface area contributed by atoms with Crippen LogP contribution in [0.15, 0.2) is 54.6 Å². The molecule has 26 heavy (non-hydrogen) atoms. The number of halogens is 1. The van der Waals surface area contributed by atoms with E-state index in [-0.39, 0.29) is 12.2 Å². The Hall–Kier alpha value is -2.44. The Morgan fingerprint density at radius 2 is 1.92 bits per heavy atom. The van der Waals surface area contributed by atoms with Crippen LogP contribution in [-0.4, -0.2) is 17.0 Å². The minimum absolute atomic E-state index is 0.196. The zero-order valence-electron chi connectivity index (χ0n) is 14.9. The van der Waals surface area contributed by atoms with Crippen LogP contribution in [-0.2, 0) is 13.0 Å². The van der Waals surface area contributed by atoms with Gasteiger partial charge in [-0.15, -0.1) is 0 Å². The number of fused-ring (bicyclic) bond motifs is 2. The summed E-state index contributed by atoms with van der Waals surface area (Å²) in [6.45, 7) is 0.962. The van der Waals surface area contributed by atoms with E-state index >= 15 is 0 Å². The number of hydrogen-bond acceptors (Lipinski definition) is 2. The van der Waals surface area contributed by atoms with Crippen molar-refractivity contribution in [1.82, 2.24) is 4.90 Å². The molecule has 2 aliphatic heterocycles. The van der Waals surface area contributed by atoms with Crippen LogP contribution < -0.4 is 0 Å². The summed E-state index contributed by atoms with van der Waals surface area (Å²) in [5.41, 5.74) is 3.93. The van der Waals surface area contributed by atoms with E-state index < -0.39 is 0 Å². The first-order valence-corrected chi connectivity index (χ1v) is 9.40. The Morgan fingerprint density at radius 1 is 1.08 bits per heavy atom. The Labute approximate surface area is 154 Å². The fourth-order valence-corrected chi connectivity index (χ4v) is 4.38. The molecule has 2 bridgehead atoms. The predicted octanol–water partition coefficient (Wildman–Crippen LogP) is 5.10. The van der Waals surface area contributed by atoms with E-state index in [1.54, 1.807) is 0 Å². The molecule has 132 valence electrons. The molecule has 0 aromatic heterocycles. The maximum absolute atomic E-state index is 14.6. The third-order valence-corrected chi connectivity index (χ3v) is 5.65. The van der Waals surface area contributed by atoms with Crippen molar-refractivity contribution in [3.63, 3.8) is 0 Å². The molecule has 2 aliphatic rings. The van der Waals surface area contributed by atoms with Crippen molar-refractivity contribution in [2.45, 2.75) is 50.7 Å². The molecule has 4 rings (SSSR count). The molecule has 3 heteroatoms. The summed E-state index contributed by atoms with van der Waals surface area (Å²) >= 11 is 0. The van der Waals surface area contributed by atoms with Crippen molar-refractivity contribution in [2.24, 2.45) is 0 Å². The van der Waals surface area contributed by atoms with Gasteiger partial charge in [0.1, 0.15) is 5.82 Å². The van der Waals surface area contributed by atoms with Gasteiger partial charge in [-0.1, -0.05) is 55.0 Å². The van der Waals surface area contributed by atoms with Gasteiger partial charge in [-0.05, 0) is 42.0 Å². The van der Waals surface area contributed by atoms with Gasteiger partial charge in [-0.25, -0.2) is 4.39 Å². The maximum atomic E-state index is 14.6. The topological polar surface area (TPSA) is 27.0 Å². The lowest BCUT2D eigenvalue weighted by molar-refractivity contribution is 0.0950. The first-order valence-electron chi connectivity index (χ1n) is 9.40. The molecule has 2 aromatic carbocycles. The van der Waals surface area contributed by atoms with Gasteiger partial charge < -0.3 is 0 Å². The Bertz CT molecular complexity index is 850. The molecule has 0 spiro atoms. The normalized spacial score (nSPS) is 22.5. The lowest BCUT2D eigenvalue weighted by Gasteiger charge is -2.45. The summed E-state index contributed by atoms with van der Waals surface area (Å²) in [5, 5.41) is 8.80. The standard InChI is InChI=1S/C23H23FN2/c24-23-13-17(11-12-25)9-10-22(23)19-14-20-7-4-8-21(15-19)26(20)16-18-5-2-1-3-6-18/h1-3,5-6,9-10,13-14,20-21H,4,7-8,11,15-16H2. The Kier molecular flexibility index (Phi) is 4.86. The van der Waals surface area contributed by atoms with Crippen molar-refractivity contribution in [1.29, 1.82) is 5.26 Å². The number of hydrogen-bond donors (Lipinski definition) is 0. The molecule has 0 N–H and O–H groups in total. The first kappa shape index (κ1) is 17.0. The number of piperidine rings is 1. The van der Waals surface area contributed by atoms with Gasteiger partial charge >= 0.3 is 0 Å². The van der Waals surface area contributed by atoms with Crippen LogP contribution in [0.1, 0.15) is 42.4 Å². The summed E-state index contributed by atoms with van der Waals surface area (Å²) in [4.78, 5) is 2.59. The van der Waals surface area contributed by atoms with Gasteiger partial charge in [0.05, 0.1) is 12.5 Å². The molecule has 0 saturated carbocycles. The van der Waals surface area contributed by atoms with Crippen LogP contribution in [0.25, 0.3) is 5.57 Å². The molecular formula is C23H23FN2. The van der Waals surface area contributed by atoms with Gasteiger partial charge in [0.2, 0.25) is 0 Å². The second kappa shape index (κ2) is 7.43. The summed E-state index contributed by atoms with van der Waals surface area (Å²) in [6.07, 6.45) is 6.99. The van der Waals surface area contributed by atoms with Gasteiger partial charge in [0.25, 0.3) is 0 Å². The molecule has 0 amide bonds. The number of nitrogens with zero attached hydrogens (tertiary/aromatic N) is 2. The number of rotatable bonds is 4. The molecule has 0 radical (unpaired) electrons. The molecule has 1 fully saturated rings. The van der Waals surface area contributed by atoms with Crippen LogP contribution in [0.5, 0.6) is 0 Å². The third kappa shape index (κ3) is 3.43. The van der Waals surface area contributed by atoms with Crippen LogP contribution in [0, 0.1) is 17.1 Å². The largest absolute Gasteiger partial charge is 0.289 e. The van der Waals surface area contributed by atoms with Gasteiger partial charge in [0, 0.05) is 24.2 Å². The van der Waals surface area contributed by atoms with Crippen molar-refractivity contribution >= 4 is 5.57 Å². The zero-order valence-corrected chi connectivity index (χ0v) is 14.9. The SMILES string of the molecule is N#CCc1ccc(C2=CC3CCCC(C2)N3Cc2ccccc2)c(F)c1. The van der Waals surface area contributed by atoms with Gasteiger partial charge in [0.15, 0.2) is 0 Å². The van der Waals surface area contributed by atoms with E-state index in [2.05, 4.69) is 47.4 Å². The quantitative estimate of drug-likeness (QED) is 0.770. The molecule has 2 nitrogen and oxygen atoms in total. The van der Waals surface area contributed by atoms with Gasteiger partial charge in [-0.3, -0.25) is 4.90 Å². The van der Waals surface area contributed by atoms with Crippen LogP contribution >= 0.6 is 0 Å². The lowest BCUT2D eigenvalue weighted by Crippen LogP contribution is -2.47. The average molecular weight is 346 g/mol. The molecule has 2 aromatic rings. The molecule has 2 heterocycles. The van der Waals surface area contributed by atoms with E-state index in [1.165, 1.54) is 24.5 Å². The fourth-order valence-electron chi connectivity index (χ4n) is 4.38. The minimum Gasteiger partial charge on any atom is -0.289 e. The van der Waals surface area contributed by atoms with Crippen molar-refractivity contribution in [2.75, 3.05) is 0 Å². The van der Waals surface area contributed by atoms with Gasteiger partial charge in [-0.2, -0.15) is 5.26 Å². The van der Waals surface area contributed by atoms with E-state index in [0.717, 1.165) is 30.5 Å². The molecule has 0 aliphatic carbocycles. The highest BCUT2D eigenvalue weighted by Crippen LogP contribution is 2.38. The third-order valence-electron chi connectivity index (χ3n) is 5.65. The minimum atomic E-state index is -0.196. The number of nitriles is 1. The molecule has 2 unspecified atom stereocenters. The van der Waals surface area contributed by atoms with E-state index in [9.17, 15) is 4.39 Å². The van der Waals surface area contributed by atoms with Crippen LogP contribution in [0.2, 0.25) is 0 Å². The zero-order chi connectivity index (χ0) is 17.9. The molecular weight excluding hydrogens is 323 g/mol. The van der Waals surface area contributed by atoms with E-state index in [4.69, 9.17) is 5.26 Å². The highest BCUT2D eigenvalue weighted by Gasteiger charge is 2.34. The highest BCUT2D eigenvalue weighted by molar-refractivity contribution is 5.68. The second-order valence-corrected chi connectivity index (χ2v) is 7.36. The Balaban J connectivity index is 1.59. The summed E-state index contributed by atoms with van der Waals surface area (Å²) < 4.78 is 14.6. The Morgan fingerprint density at radius 3 is 2.65 bits per heavy atom. The second-order valence-electron chi connectivity index (χ2n) is 7.36. The predicted molar refractivity (Wildman–Crippen MR) is 102 cm³/mol. The average Bonchev–Trinajstić information content (AvgIpc) is 2.63. The summed E-state index contributed by atoms with van der Waals surface area (Å²) in [5.74, 6) is -0.196. The van der Waals surface area contributed by atoms with Crippen LogP contribution in [0.3, 0.4) is 0 Å². The maximum Gasteiger partial charge on any atom is 0.130 e. The highest BCUT2D eigenvalue weighted by atomic mass is 19.1. The van der Waals surface area contributed by atoms with Crippen molar-refractivity contribution in [3.8, 4) is 6.07 Å². The van der Waals surface area contributed by atoms with Crippen molar-refractivity contribution in [3.05, 3.63) is 77.1 Å². The first-order chi connectivity index (χ1) is 12.7. The summed E-state index contributed by atoms with van der Waals surface area (Å²) in [6, 6.07) is 18.8. The smallest absolute Gasteiger partial charge is 0.130 e. The monoisotopic (exact) mass is 346 g/mol. The summed E-state index contributed by atoms with van der Waals surface area (Å²) in [7, 11) is 0. The van der Waals surface area contributed by atoms with E-state index in [1.807, 2.05) is 12.1 Å². The lowest BCUT2D eigenvalue weighted by atomic mass is 9.82. The van der Waals surface area contributed by atoms with E-state index in [0.29, 0.717) is 17.6 Å². The molecule has 1 saturated heterocycles. The fraction of sp³-hybridized carbons (Fsp3) is 0.348. The van der Waals surface area contributed by atoms with Crippen LogP contribution in [0.4, 0.5) is 4.39 Å². The van der Waals surface area contributed by atoms with Crippen molar-refractivity contribution < 1.29 is 4.39 Å². The molecule has 2 atom stereocenters. The number of benzene rings is 2.